The van der Waals surface area contributed by atoms with Gasteiger partial charge in [0.1, 0.15) is 0 Å². The number of benzene rings is 1. The number of rotatable bonds is 4. The molecule has 1 aromatic rings. The van der Waals surface area contributed by atoms with Gasteiger partial charge >= 0.3 is 0 Å². The van der Waals surface area contributed by atoms with Gasteiger partial charge in [-0.15, -0.1) is 0 Å². The van der Waals surface area contributed by atoms with Gasteiger partial charge in [0.05, 0.1) is 10.7 Å². The third-order valence-corrected chi connectivity index (χ3v) is 5.14. The Morgan fingerprint density at radius 3 is 2.50 bits per heavy atom. The van der Waals surface area contributed by atoms with Gasteiger partial charge in [-0.05, 0) is 56.8 Å². The zero-order valence-corrected chi connectivity index (χ0v) is 13.4. The van der Waals surface area contributed by atoms with E-state index in [9.17, 15) is 0 Å². The molecule has 2 atom stereocenters. The van der Waals surface area contributed by atoms with Crippen LogP contribution in [0.15, 0.2) is 18.2 Å². The van der Waals surface area contributed by atoms with Crippen molar-refractivity contribution in [2.24, 2.45) is 0 Å². The van der Waals surface area contributed by atoms with Crippen LogP contribution in [0, 0.1) is 0 Å². The highest BCUT2D eigenvalue weighted by Crippen LogP contribution is 2.42. The van der Waals surface area contributed by atoms with Crippen molar-refractivity contribution in [3.8, 4) is 0 Å². The van der Waals surface area contributed by atoms with Crippen molar-refractivity contribution in [3.63, 3.8) is 0 Å². The van der Waals surface area contributed by atoms with Gasteiger partial charge < -0.3 is 10.2 Å². The molecule has 110 valence electrons. The van der Waals surface area contributed by atoms with Crippen LogP contribution < -0.4 is 10.2 Å². The van der Waals surface area contributed by atoms with Crippen LogP contribution in [0.5, 0.6) is 0 Å². The fourth-order valence-electron chi connectivity index (χ4n) is 3.78. The maximum atomic E-state index is 6.40. The Kier molecular flexibility index (Phi) is 4.44. The summed E-state index contributed by atoms with van der Waals surface area (Å²) in [6.45, 7) is 3.36. The molecule has 3 rings (SSSR count). The van der Waals surface area contributed by atoms with Crippen LogP contribution in [0.25, 0.3) is 0 Å². The van der Waals surface area contributed by atoms with Crippen molar-refractivity contribution in [3.05, 3.63) is 28.2 Å². The summed E-state index contributed by atoms with van der Waals surface area (Å²) in [7, 11) is 0. The van der Waals surface area contributed by atoms with Gasteiger partial charge in [0.2, 0.25) is 0 Å². The predicted octanol–water partition coefficient (Wildman–Crippen LogP) is 4.49. The SMILES string of the molecule is CCCNC1CC2CCC(C1)N2c1ccc(Cl)cc1Cl. The lowest BCUT2D eigenvalue weighted by atomic mass is 9.96. The lowest BCUT2D eigenvalue weighted by Crippen LogP contribution is -2.49. The third kappa shape index (κ3) is 2.79. The molecule has 2 heterocycles. The summed E-state index contributed by atoms with van der Waals surface area (Å²) in [5, 5.41) is 5.19. The summed E-state index contributed by atoms with van der Waals surface area (Å²) >= 11 is 12.4. The molecule has 2 saturated heterocycles. The second-order valence-electron chi connectivity index (χ2n) is 6.01. The summed E-state index contributed by atoms with van der Waals surface area (Å²) in [5.41, 5.74) is 1.16. The number of halogens is 2. The predicted molar refractivity (Wildman–Crippen MR) is 87.1 cm³/mol. The zero-order valence-electron chi connectivity index (χ0n) is 11.9. The molecule has 20 heavy (non-hydrogen) atoms. The van der Waals surface area contributed by atoms with E-state index in [1.54, 1.807) is 0 Å². The first-order chi connectivity index (χ1) is 9.69. The molecule has 2 aliphatic rings. The van der Waals surface area contributed by atoms with Gasteiger partial charge in [0.15, 0.2) is 0 Å². The minimum atomic E-state index is 0.627. The number of anilines is 1. The first-order valence-corrected chi connectivity index (χ1v) is 8.41. The van der Waals surface area contributed by atoms with E-state index in [-0.39, 0.29) is 0 Å². The van der Waals surface area contributed by atoms with Gasteiger partial charge in [-0.2, -0.15) is 0 Å². The van der Waals surface area contributed by atoms with Gasteiger partial charge in [0.25, 0.3) is 0 Å². The first-order valence-electron chi connectivity index (χ1n) is 7.65. The minimum absolute atomic E-state index is 0.627. The monoisotopic (exact) mass is 312 g/mol. The van der Waals surface area contributed by atoms with E-state index in [0.717, 1.165) is 17.3 Å². The second kappa shape index (κ2) is 6.13. The maximum absolute atomic E-state index is 6.40. The molecule has 2 aliphatic heterocycles. The van der Waals surface area contributed by atoms with E-state index in [4.69, 9.17) is 23.2 Å². The molecule has 0 aromatic heterocycles. The Hall–Kier alpha value is -0.440. The molecule has 4 heteroatoms. The van der Waals surface area contributed by atoms with Gasteiger partial charge in [-0.25, -0.2) is 0 Å². The summed E-state index contributed by atoms with van der Waals surface area (Å²) < 4.78 is 0. The molecule has 0 aliphatic carbocycles. The molecule has 2 bridgehead atoms. The second-order valence-corrected chi connectivity index (χ2v) is 6.85. The van der Waals surface area contributed by atoms with E-state index < -0.39 is 0 Å². The highest BCUT2D eigenvalue weighted by atomic mass is 35.5. The molecule has 2 fully saturated rings. The number of hydrogen-bond acceptors (Lipinski definition) is 2. The van der Waals surface area contributed by atoms with E-state index in [0.29, 0.717) is 23.1 Å². The van der Waals surface area contributed by atoms with Crippen LogP contribution in [-0.2, 0) is 0 Å². The molecular weight excluding hydrogens is 291 g/mol. The normalized spacial score (nSPS) is 28.9. The molecule has 0 radical (unpaired) electrons. The quantitative estimate of drug-likeness (QED) is 0.881. The van der Waals surface area contributed by atoms with Crippen LogP contribution in [0.2, 0.25) is 10.0 Å². The van der Waals surface area contributed by atoms with Gasteiger partial charge in [-0.3, -0.25) is 0 Å². The molecule has 2 nitrogen and oxygen atoms in total. The average molecular weight is 313 g/mol. The van der Waals surface area contributed by atoms with Crippen molar-refractivity contribution in [1.82, 2.24) is 5.32 Å². The Morgan fingerprint density at radius 1 is 1.20 bits per heavy atom. The average Bonchev–Trinajstić information content (AvgIpc) is 2.68. The van der Waals surface area contributed by atoms with Crippen LogP contribution in [-0.4, -0.2) is 24.7 Å². The van der Waals surface area contributed by atoms with Crippen LogP contribution in [0.4, 0.5) is 5.69 Å². The number of fused-ring (bicyclic) bond motifs is 2. The largest absolute Gasteiger partial charge is 0.364 e. The van der Waals surface area contributed by atoms with Gasteiger partial charge in [0, 0.05) is 23.1 Å². The minimum Gasteiger partial charge on any atom is -0.364 e. The lowest BCUT2D eigenvalue weighted by Gasteiger charge is -2.41. The standard InChI is InChI=1S/C16H22Cl2N2/c1-2-7-19-12-9-13-4-5-14(10-12)20(13)16-6-3-11(17)8-15(16)18/h3,6,8,12-14,19H,2,4-5,7,9-10H2,1H3. The Labute approximate surface area is 131 Å². The van der Waals surface area contributed by atoms with Crippen LogP contribution >= 0.6 is 23.2 Å². The molecular formula is C16H22Cl2N2. The van der Waals surface area contributed by atoms with E-state index in [1.165, 1.54) is 32.1 Å². The molecule has 2 unspecified atom stereocenters. The summed E-state index contributed by atoms with van der Waals surface area (Å²) in [4.78, 5) is 2.54. The highest BCUT2D eigenvalue weighted by Gasteiger charge is 2.41. The molecule has 0 spiro atoms. The Bertz CT molecular complexity index is 464. The fourth-order valence-corrected chi connectivity index (χ4v) is 4.28. The zero-order chi connectivity index (χ0) is 14.1. The van der Waals surface area contributed by atoms with Gasteiger partial charge in [-0.1, -0.05) is 30.1 Å². The highest BCUT2D eigenvalue weighted by molar-refractivity contribution is 6.36. The van der Waals surface area contributed by atoms with Crippen molar-refractivity contribution in [1.29, 1.82) is 0 Å². The molecule has 1 aromatic carbocycles. The number of nitrogens with one attached hydrogen (secondary N) is 1. The van der Waals surface area contributed by atoms with Crippen LogP contribution in [0.1, 0.15) is 39.0 Å². The third-order valence-electron chi connectivity index (χ3n) is 4.60. The van der Waals surface area contributed by atoms with E-state index >= 15 is 0 Å². The molecule has 1 N–H and O–H groups in total. The van der Waals surface area contributed by atoms with E-state index in [1.807, 2.05) is 12.1 Å². The van der Waals surface area contributed by atoms with Crippen molar-refractivity contribution < 1.29 is 0 Å². The number of nitrogens with zero attached hydrogens (tertiary/aromatic N) is 1. The van der Waals surface area contributed by atoms with Crippen molar-refractivity contribution in [2.75, 3.05) is 11.4 Å². The smallest absolute Gasteiger partial charge is 0.0654 e. The number of piperidine rings is 1. The fraction of sp³-hybridized carbons (Fsp3) is 0.625. The van der Waals surface area contributed by atoms with E-state index in [2.05, 4.69) is 23.2 Å². The van der Waals surface area contributed by atoms with Crippen molar-refractivity contribution in [2.45, 2.75) is 57.2 Å². The first kappa shape index (κ1) is 14.5. The Morgan fingerprint density at radius 2 is 1.90 bits per heavy atom. The summed E-state index contributed by atoms with van der Waals surface area (Å²) in [5.74, 6) is 0. The molecule has 0 saturated carbocycles. The molecule has 0 amide bonds. The lowest BCUT2D eigenvalue weighted by molar-refractivity contribution is 0.357. The van der Waals surface area contributed by atoms with Crippen LogP contribution in [0.3, 0.4) is 0 Å². The Balaban J connectivity index is 1.76. The number of hydrogen-bond donors (Lipinski definition) is 1. The van der Waals surface area contributed by atoms with Crippen molar-refractivity contribution >= 4 is 28.9 Å². The topological polar surface area (TPSA) is 15.3 Å². The summed E-state index contributed by atoms with van der Waals surface area (Å²) in [6, 6.07) is 7.82. The maximum Gasteiger partial charge on any atom is 0.0654 e. The summed E-state index contributed by atoms with van der Waals surface area (Å²) in [6.07, 6.45) is 6.24.